The van der Waals surface area contributed by atoms with Crippen LogP contribution in [-0.4, -0.2) is 37.5 Å². The van der Waals surface area contributed by atoms with Crippen LogP contribution in [0.15, 0.2) is 12.7 Å². The Morgan fingerprint density at radius 3 is 3.05 bits per heavy atom. The first-order valence-corrected chi connectivity index (χ1v) is 7.44. The zero-order valence-electron chi connectivity index (χ0n) is 12.7. The van der Waals surface area contributed by atoms with E-state index in [1.807, 2.05) is 13.8 Å². The Balaban J connectivity index is 1.78. The monoisotopic (exact) mass is 301 g/mol. The van der Waals surface area contributed by atoms with Crippen molar-refractivity contribution in [1.82, 2.24) is 25.1 Å². The van der Waals surface area contributed by atoms with Crippen LogP contribution in [0.3, 0.4) is 0 Å². The lowest BCUT2D eigenvalue weighted by molar-refractivity contribution is 0.0915. The molecule has 0 spiro atoms. The normalized spacial score (nSPS) is 15.5. The Labute approximate surface area is 128 Å². The highest BCUT2D eigenvalue weighted by Crippen LogP contribution is 2.26. The highest BCUT2D eigenvalue weighted by molar-refractivity contribution is 6.10. The SMILES string of the molecule is Cc1[nH]c2c(c1C(=O)N[C@H](C)Cn1cncn1)C(=O)CCC2. The molecular formula is C15H19N5O2. The number of nitrogens with one attached hydrogen (secondary N) is 2. The summed E-state index contributed by atoms with van der Waals surface area (Å²) in [6.07, 6.45) is 5.24. The van der Waals surface area contributed by atoms with E-state index in [-0.39, 0.29) is 17.7 Å². The average Bonchev–Trinajstić information content (AvgIpc) is 3.05. The second-order valence-corrected chi connectivity index (χ2v) is 5.75. The molecule has 0 aromatic carbocycles. The van der Waals surface area contributed by atoms with Gasteiger partial charge in [0.05, 0.1) is 17.7 Å². The molecule has 1 aliphatic rings. The molecule has 7 nitrogen and oxygen atoms in total. The first kappa shape index (κ1) is 14.5. The molecule has 2 aromatic heterocycles. The number of nitrogens with zero attached hydrogens (tertiary/aromatic N) is 3. The van der Waals surface area contributed by atoms with Crippen LogP contribution >= 0.6 is 0 Å². The van der Waals surface area contributed by atoms with Crippen molar-refractivity contribution in [1.29, 1.82) is 0 Å². The van der Waals surface area contributed by atoms with Crippen LogP contribution in [0.2, 0.25) is 0 Å². The summed E-state index contributed by atoms with van der Waals surface area (Å²) >= 11 is 0. The van der Waals surface area contributed by atoms with Gasteiger partial charge >= 0.3 is 0 Å². The van der Waals surface area contributed by atoms with Crippen molar-refractivity contribution in [3.05, 3.63) is 35.2 Å². The molecule has 0 saturated carbocycles. The Kier molecular flexibility index (Phi) is 3.79. The number of hydrogen-bond acceptors (Lipinski definition) is 4. The van der Waals surface area contributed by atoms with Crippen molar-refractivity contribution in [2.45, 2.75) is 45.7 Å². The first-order valence-electron chi connectivity index (χ1n) is 7.44. The maximum Gasteiger partial charge on any atom is 0.254 e. The van der Waals surface area contributed by atoms with Crippen molar-refractivity contribution in [3.63, 3.8) is 0 Å². The predicted octanol–water partition coefficient (Wildman–Crippen LogP) is 1.25. The van der Waals surface area contributed by atoms with Crippen LogP contribution in [0.25, 0.3) is 0 Å². The van der Waals surface area contributed by atoms with Crippen molar-refractivity contribution in [3.8, 4) is 0 Å². The number of amides is 1. The maximum absolute atomic E-state index is 12.6. The molecule has 2 aromatic rings. The Morgan fingerprint density at radius 1 is 1.50 bits per heavy atom. The minimum atomic E-state index is -0.210. The van der Waals surface area contributed by atoms with Crippen molar-refractivity contribution in [2.24, 2.45) is 0 Å². The Hall–Kier alpha value is -2.44. The van der Waals surface area contributed by atoms with E-state index in [2.05, 4.69) is 20.4 Å². The number of carbonyl (C=O) groups is 2. The van der Waals surface area contributed by atoms with Crippen LogP contribution in [-0.2, 0) is 13.0 Å². The highest BCUT2D eigenvalue weighted by Gasteiger charge is 2.28. The molecule has 0 bridgehead atoms. The molecule has 7 heteroatoms. The summed E-state index contributed by atoms with van der Waals surface area (Å²) < 4.78 is 1.66. The summed E-state index contributed by atoms with van der Waals surface area (Å²) in [6, 6.07) is -0.113. The fourth-order valence-electron chi connectivity index (χ4n) is 2.97. The summed E-state index contributed by atoms with van der Waals surface area (Å²) in [5, 5.41) is 6.95. The Morgan fingerprint density at radius 2 is 2.32 bits per heavy atom. The molecule has 0 unspecified atom stereocenters. The summed E-state index contributed by atoms with van der Waals surface area (Å²) in [7, 11) is 0. The van der Waals surface area contributed by atoms with E-state index < -0.39 is 0 Å². The fraction of sp³-hybridized carbons (Fsp3) is 0.467. The smallest absolute Gasteiger partial charge is 0.254 e. The Bertz CT molecular complexity index is 702. The molecule has 3 rings (SSSR count). The van der Waals surface area contributed by atoms with Gasteiger partial charge in [-0.3, -0.25) is 14.3 Å². The third kappa shape index (κ3) is 2.66. The van der Waals surface area contributed by atoms with Crippen molar-refractivity contribution in [2.75, 3.05) is 0 Å². The largest absolute Gasteiger partial charge is 0.361 e. The second kappa shape index (κ2) is 5.75. The molecule has 0 saturated heterocycles. The van der Waals surface area contributed by atoms with E-state index >= 15 is 0 Å². The van der Waals surface area contributed by atoms with Gasteiger partial charge in [-0.15, -0.1) is 0 Å². The van der Waals surface area contributed by atoms with Crippen molar-refractivity contribution >= 4 is 11.7 Å². The average molecular weight is 301 g/mol. The number of ketones is 1. The minimum Gasteiger partial charge on any atom is -0.361 e. The van der Waals surface area contributed by atoms with Crippen LogP contribution in [0.5, 0.6) is 0 Å². The molecule has 0 fully saturated rings. The molecular weight excluding hydrogens is 282 g/mol. The highest BCUT2D eigenvalue weighted by atomic mass is 16.2. The van der Waals surface area contributed by atoms with E-state index in [1.165, 1.54) is 6.33 Å². The summed E-state index contributed by atoms with van der Waals surface area (Å²) in [5.41, 5.74) is 2.72. The number of aryl methyl sites for hydroxylation is 2. The van der Waals surface area contributed by atoms with E-state index in [0.717, 1.165) is 24.2 Å². The molecule has 1 atom stereocenters. The lowest BCUT2D eigenvalue weighted by Gasteiger charge is -2.15. The van der Waals surface area contributed by atoms with Gasteiger partial charge in [0.15, 0.2) is 5.78 Å². The van der Waals surface area contributed by atoms with Crippen molar-refractivity contribution < 1.29 is 9.59 Å². The number of aromatic nitrogens is 4. The summed E-state index contributed by atoms with van der Waals surface area (Å²) in [6.45, 7) is 4.27. The second-order valence-electron chi connectivity index (χ2n) is 5.75. The van der Waals surface area contributed by atoms with Gasteiger partial charge in [0, 0.05) is 23.9 Å². The molecule has 0 aliphatic heterocycles. The number of carbonyl (C=O) groups excluding carboxylic acids is 2. The maximum atomic E-state index is 12.6. The number of hydrogen-bond donors (Lipinski definition) is 2. The van der Waals surface area contributed by atoms with Gasteiger partial charge in [-0.25, -0.2) is 4.98 Å². The van der Waals surface area contributed by atoms with E-state index in [0.29, 0.717) is 24.1 Å². The number of Topliss-reactive ketones (excluding diaryl/α,β-unsaturated/α-hetero) is 1. The van der Waals surface area contributed by atoms with Gasteiger partial charge in [0.2, 0.25) is 0 Å². The molecule has 2 N–H and O–H groups in total. The summed E-state index contributed by atoms with van der Waals surface area (Å²) in [4.78, 5) is 31.8. The van der Waals surface area contributed by atoms with Gasteiger partial charge < -0.3 is 10.3 Å². The lowest BCUT2D eigenvalue weighted by atomic mass is 9.93. The van der Waals surface area contributed by atoms with Crippen LogP contribution in [0.4, 0.5) is 0 Å². The molecule has 0 radical (unpaired) electrons. The zero-order valence-corrected chi connectivity index (χ0v) is 12.7. The molecule has 116 valence electrons. The quantitative estimate of drug-likeness (QED) is 0.889. The zero-order chi connectivity index (χ0) is 15.7. The van der Waals surface area contributed by atoms with Crippen LogP contribution < -0.4 is 5.32 Å². The number of rotatable bonds is 4. The third-order valence-corrected chi connectivity index (χ3v) is 3.91. The van der Waals surface area contributed by atoms with Gasteiger partial charge in [0.1, 0.15) is 12.7 Å². The van der Waals surface area contributed by atoms with Gasteiger partial charge in [-0.05, 0) is 26.7 Å². The standard InChI is InChI=1S/C15H19N5O2/c1-9(6-20-8-16-7-17-20)18-15(22)13-10(2)19-11-4-3-5-12(21)14(11)13/h7-9,19H,3-6H2,1-2H3,(H,18,22)/t9-/m1/s1. The van der Waals surface area contributed by atoms with E-state index in [1.54, 1.807) is 11.0 Å². The van der Waals surface area contributed by atoms with E-state index in [9.17, 15) is 9.59 Å². The molecule has 22 heavy (non-hydrogen) atoms. The van der Waals surface area contributed by atoms with Gasteiger partial charge in [-0.1, -0.05) is 0 Å². The topological polar surface area (TPSA) is 92.7 Å². The number of aromatic amines is 1. The van der Waals surface area contributed by atoms with Gasteiger partial charge in [-0.2, -0.15) is 5.10 Å². The van der Waals surface area contributed by atoms with Crippen LogP contribution in [0.1, 0.15) is 51.9 Å². The van der Waals surface area contributed by atoms with Gasteiger partial charge in [0.25, 0.3) is 5.91 Å². The summed E-state index contributed by atoms with van der Waals surface area (Å²) in [5.74, 6) is -0.155. The predicted molar refractivity (Wildman–Crippen MR) is 79.7 cm³/mol. The first-order chi connectivity index (χ1) is 10.6. The number of H-pyrrole nitrogens is 1. The number of fused-ring (bicyclic) bond motifs is 1. The van der Waals surface area contributed by atoms with Crippen LogP contribution in [0, 0.1) is 6.92 Å². The fourth-order valence-corrected chi connectivity index (χ4v) is 2.97. The molecule has 2 heterocycles. The molecule has 1 aliphatic carbocycles. The molecule has 1 amide bonds. The van der Waals surface area contributed by atoms with E-state index in [4.69, 9.17) is 0 Å². The minimum absolute atomic E-state index is 0.0553. The lowest BCUT2D eigenvalue weighted by Crippen LogP contribution is -2.36. The third-order valence-electron chi connectivity index (χ3n) is 3.91.